The molecule has 40 heavy (non-hydrogen) atoms. The molecule has 10 atom stereocenters. The standard InChI is InChI=1S/C36H54N2O2/c1-23(2)25-10-17-36(31(40)38-22-24-13-20-37-21-14-24)19-18-34(6)26(30(25)36)8-9-28-33(5)15-12-29(39)32(3,4)27(33)11-16-35(28,34)7/h13-14,20-21,25-30,39H,1,8-12,15-19,22H2,2-7H3,(H,38,40)/t25-,26+,27-,28+,29-,30?,33-,34+,35+,36-/m0/s1. The Labute approximate surface area is 243 Å². The van der Waals surface area contributed by atoms with E-state index in [-0.39, 0.29) is 39.1 Å². The van der Waals surface area contributed by atoms with Gasteiger partial charge in [-0.3, -0.25) is 9.78 Å². The molecule has 0 bridgehead atoms. The minimum absolute atomic E-state index is 0.0167. The number of hydrogen-bond acceptors (Lipinski definition) is 3. The van der Waals surface area contributed by atoms with Gasteiger partial charge in [-0.05, 0) is 140 Å². The molecule has 1 aromatic heterocycles. The van der Waals surface area contributed by atoms with Crippen LogP contribution in [0.25, 0.3) is 0 Å². The van der Waals surface area contributed by atoms with Crippen LogP contribution in [-0.2, 0) is 11.3 Å². The number of aliphatic hydroxyl groups is 1. The second-order valence-electron chi connectivity index (χ2n) is 16.3. The molecule has 2 N–H and O–H groups in total. The number of aromatic nitrogens is 1. The number of pyridine rings is 1. The van der Waals surface area contributed by atoms with Gasteiger partial charge in [0.2, 0.25) is 5.91 Å². The lowest BCUT2D eigenvalue weighted by atomic mass is 9.32. The molecule has 1 unspecified atom stereocenters. The zero-order valence-corrected chi connectivity index (χ0v) is 26.1. The van der Waals surface area contributed by atoms with E-state index < -0.39 is 0 Å². The third-order valence-electron chi connectivity index (χ3n) is 14.7. The first-order valence-electron chi connectivity index (χ1n) is 16.3. The molecule has 6 rings (SSSR count). The Morgan fingerprint density at radius 3 is 2.35 bits per heavy atom. The number of carbonyl (C=O) groups excluding carboxylic acids is 1. The number of fused-ring (bicyclic) bond motifs is 7. The molecular weight excluding hydrogens is 492 g/mol. The molecule has 0 spiro atoms. The largest absolute Gasteiger partial charge is 0.393 e. The van der Waals surface area contributed by atoms with Crippen molar-refractivity contribution in [2.75, 3.05) is 0 Å². The Hall–Kier alpha value is -1.68. The maximum absolute atomic E-state index is 14.2. The van der Waals surface area contributed by atoms with E-state index in [0.717, 1.165) is 44.1 Å². The van der Waals surface area contributed by atoms with Crippen LogP contribution in [-0.4, -0.2) is 22.1 Å². The Bertz CT molecular complexity index is 1160. The molecule has 0 aromatic carbocycles. The second-order valence-corrected chi connectivity index (χ2v) is 16.3. The topological polar surface area (TPSA) is 62.2 Å². The number of rotatable bonds is 4. The molecule has 5 aliphatic carbocycles. The third kappa shape index (κ3) is 3.72. The smallest absolute Gasteiger partial charge is 0.226 e. The summed E-state index contributed by atoms with van der Waals surface area (Å²) in [5, 5.41) is 14.4. The molecule has 1 amide bonds. The number of amides is 1. The van der Waals surface area contributed by atoms with E-state index in [9.17, 15) is 9.90 Å². The minimum Gasteiger partial charge on any atom is -0.393 e. The van der Waals surface area contributed by atoms with Crippen molar-refractivity contribution in [3.8, 4) is 0 Å². The third-order valence-corrected chi connectivity index (χ3v) is 14.7. The molecule has 4 heteroatoms. The zero-order chi connectivity index (χ0) is 28.7. The summed E-state index contributed by atoms with van der Waals surface area (Å²) in [6.45, 7) is 19.9. The van der Waals surface area contributed by atoms with Crippen molar-refractivity contribution in [2.24, 2.45) is 56.7 Å². The summed E-state index contributed by atoms with van der Waals surface area (Å²) in [5.41, 5.74) is 2.88. The van der Waals surface area contributed by atoms with Gasteiger partial charge in [0.1, 0.15) is 0 Å². The Kier molecular flexibility index (Phi) is 6.69. The van der Waals surface area contributed by atoms with Crippen LogP contribution in [0.2, 0.25) is 0 Å². The highest BCUT2D eigenvalue weighted by Crippen LogP contribution is 2.77. The van der Waals surface area contributed by atoms with Crippen molar-refractivity contribution in [1.82, 2.24) is 10.3 Å². The lowest BCUT2D eigenvalue weighted by Gasteiger charge is -2.72. The maximum Gasteiger partial charge on any atom is 0.226 e. The van der Waals surface area contributed by atoms with Crippen LogP contribution >= 0.6 is 0 Å². The second kappa shape index (κ2) is 9.41. The maximum atomic E-state index is 14.2. The highest BCUT2D eigenvalue weighted by Gasteiger charge is 2.71. The Morgan fingerprint density at radius 1 is 0.925 bits per heavy atom. The number of hydrogen-bond donors (Lipinski definition) is 2. The summed E-state index contributed by atoms with van der Waals surface area (Å²) >= 11 is 0. The van der Waals surface area contributed by atoms with Gasteiger partial charge < -0.3 is 10.4 Å². The first-order chi connectivity index (χ1) is 18.8. The number of carbonyl (C=O) groups is 1. The van der Waals surface area contributed by atoms with Gasteiger partial charge in [-0.1, -0.05) is 46.8 Å². The van der Waals surface area contributed by atoms with Crippen LogP contribution in [0.4, 0.5) is 0 Å². The van der Waals surface area contributed by atoms with Gasteiger partial charge in [0.25, 0.3) is 0 Å². The van der Waals surface area contributed by atoms with Gasteiger partial charge in [-0.15, -0.1) is 0 Å². The summed E-state index contributed by atoms with van der Waals surface area (Å²) in [7, 11) is 0. The fourth-order valence-electron chi connectivity index (χ4n) is 12.4. The quantitative estimate of drug-likeness (QED) is 0.380. The van der Waals surface area contributed by atoms with E-state index in [0.29, 0.717) is 36.1 Å². The van der Waals surface area contributed by atoms with Crippen LogP contribution in [0.3, 0.4) is 0 Å². The lowest BCUT2D eigenvalue weighted by molar-refractivity contribution is -0.246. The van der Waals surface area contributed by atoms with Crippen molar-refractivity contribution >= 4 is 5.91 Å². The SMILES string of the molecule is C=C(C)[C@@H]1CC[C@]2(C(=O)NCc3ccncc3)CC[C@]3(C)[C@H](CC[C@@H]4[C@@]5(C)CC[C@H](O)C(C)(C)[C@@H]5CC[C@]43C)C12. The number of nitrogens with one attached hydrogen (secondary N) is 1. The number of nitrogens with zero attached hydrogens (tertiary/aromatic N) is 1. The van der Waals surface area contributed by atoms with Gasteiger partial charge >= 0.3 is 0 Å². The average Bonchev–Trinajstić information content (AvgIpc) is 3.32. The van der Waals surface area contributed by atoms with Crippen LogP contribution in [0.1, 0.15) is 111 Å². The van der Waals surface area contributed by atoms with Gasteiger partial charge in [0.05, 0.1) is 11.5 Å². The highest BCUT2D eigenvalue weighted by molar-refractivity contribution is 5.84. The number of allylic oxidation sites excluding steroid dienone is 1. The molecule has 1 aromatic rings. The first kappa shape index (κ1) is 28.4. The van der Waals surface area contributed by atoms with E-state index in [1.165, 1.54) is 31.3 Å². The van der Waals surface area contributed by atoms with Crippen molar-refractivity contribution in [3.63, 3.8) is 0 Å². The van der Waals surface area contributed by atoms with Crippen molar-refractivity contribution in [1.29, 1.82) is 0 Å². The van der Waals surface area contributed by atoms with Crippen LogP contribution < -0.4 is 5.32 Å². The molecule has 4 nitrogen and oxygen atoms in total. The molecule has 5 saturated carbocycles. The monoisotopic (exact) mass is 546 g/mol. The van der Waals surface area contributed by atoms with Gasteiger partial charge in [-0.2, -0.15) is 0 Å². The fourth-order valence-corrected chi connectivity index (χ4v) is 12.4. The van der Waals surface area contributed by atoms with Crippen molar-refractivity contribution in [2.45, 2.75) is 118 Å². The Morgan fingerprint density at radius 2 is 1.65 bits per heavy atom. The summed E-state index contributed by atoms with van der Waals surface area (Å²) in [6.07, 6.45) is 14.8. The summed E-state index contributed by atoms with van der Waals surface area (Å²) in [6, 6.07) is 4.01. The fraction of sp³-hybridized carbons (Fsp3) is 0.778. The highest BCUT2D eigenvalue weighted by atomic mass is 16.3. The van der Waals surface area contributed by atoms with Crippen molar-refractivity contribution < 1.29 is 9.90 Å². The van der Waals surface area contributed by atoms with Crippen molar-refractivity contribution in [3.05, 3.63) is 42.2 Å². The summed E-state index contributed by atoms with van der Waals surface area (Å²) in [5.74, 6) is 2.93. The van der Waals surface area contributed by atoms with Crippen LogP contribution in [0, 0.1) is 56.7 Å². The molecule has 0 saturated heterocycles. The molecule has 220 valence electrons. The molecule has 5 aliphatic rings. The van der Waals surface area contributed by atoms with E-state index in [2.05, 4.69) is 58.4 Å². The summed E-state index contributed by atoms with van der Waals surface area (Å²) < 4.78 is 0. The van der Waals surface area contributed by atoms with E-state index in [4.69, 9.17) is 0 Å². The first-order valence-corrected chi connectivity index (χ1v) is 16.3. The van der Waals surface area contributed by atoms with Crippen LogP contribution in [0.5, 0.6) is 0 Å². The van der Waals surface area contributed by atoms with Gasteiger partial charge in [0, 0.05) is 18.9 Å². The number of aliphatic hydroxyl groups excluding tert-OH is 1. The van der Waals surface area contributed by atoms with Crippen LogP contribution in [0.15, 0.2) is 36.7 Å². The zero-order valence-electron chi connectivity index (χ0n) is 26.1. The summed E-state index contributed by atoms with van der Waals surface area (Å²) in [4.78, 5) is 18.4. The van der Waals surface area contributed by atoms with E-state index in [1.807, 2.05) is 24.5 Å². The average molecular weight is 547 g/mol. The predicted octanol–water partition coefficient (Wildman–Crippen LogP) is 7.72. The van der Waals surface area contributed by atoms with E-state index in [1.54, 1.807) is 0 Å². The molecule has 0 radical (unpaired) electrons. The molecule has 0 aliphatic heterocycles. The predicted molar refractivity (Wildman–Crippen MR) is 161 cm³/mol. The van der Waals surface area contributed by atoms with E-state index >= 15 is 0 Å². The lowest BCUT2D eigenvalue weighted by Crippen LogP contribution is -2.67. The minimum atomic E-state index is -0.276. The normalized spacial score (nSPS) is 47.3. The molecule has 5 fully saturated rings. The van der Waals surface area contributed by atoms with Gasteiger partial charge in [-0.25, -0.2) is 0 Å². The molecule has 1 heterocycles. The van der Waals surface area contributed by atoms with Gasteiger partial charge in [0.15, 0.2) is 0 Å². The molecular formula is C36H54N2O2. The Balaban J connectivity index is 1.34.